The standard InChI is InChI=1S/C25H24N4O2S/c1-18(26-24(30)22-14-9-15-32-22)25(31)28(2)16-20-17-29(21-12-7-4-8-13-21)27-23(20)19-10-5-3-6-11-19/h3-15,17-18H,16H2,1-2H3,(H,26,30). The molecule has 6 nitrogen and oxygen atoms in total. The zero-order valence-corrected chi connectivity index (χ0v) is 18.8. The molecule has 0 saturated carbocycles. The van der Waals surface area contributed by atoms with Crippen molar-refractivity contribution >= 4 is 23.2 Å². The third kappa shape index (κ3) is 4.78. The maximum atomic E-state index is 13.0. The van der Waals surface area contributed by atoms with Crippen molar-refractivity contribution in [2.45, 2.75) is 19.5 Å². The van der Waals surface area contributed by atoms with Gasteiger partial charge in [-0.25, -0.2) is 4.68 Å². The van der Waals surface area contributed by atoms with Crippen LogP contribution in [0, 0.1) is 0 Å². The number of hydrogen-bond donors (Lipinski definition) is 1. The van der Waals surface area contributed by atoms with Crippen LogP contribution in [0.5, 0.6) is 0 Å². The van der Waals surface area contributed by atoms with Crippen molar-refractivity contribution in [2.24, 2.45) is 0 Å². The van der Waals surface area contributed by atoms with Gasteiger partial charge in [-0.3, -0.25) is 9.59 Å². The highest BCUT2D eigenvalue weighted by atomic mass is 32.1. The number of thiophene rings is 1. The van der Waals surface area contributed by atoms with E-state index in [1.54, 1.807) is 24.9 Å². The van der Waals surface area contributed by atoms with Gasteiger partial charge in [-0.1, -0.05) is 54.6 Å². The normalized spacial score (nSPS) is 11.7. The van der Waals surface area contributed by atoms with Crippen molar-refractivity contribution in [1.29, 1.82) is 0 Å². The Kier molecular flexibility index (Phi) is 6.47. The Morgan fingerprint density at radius 2 is 1.72 bits per heavy atom. The van der Waals surface area contributed by atoms with Gasteiger partial charge in [0, 0.05) is 30.9 Å². The molecule has 0 radical (unpaired) electrons. The summed E-state index contributed by atoms with van der Waals surface area (Å²) >= 11 is 1.35. The molecule has 1 atom stereocenters. The largest absolute Gasteiger partial charge is 0.340 e. The molecule has 1 unspecified atom stereocenters. The topological polar surface area (TPSA) is 67.2 Å². The minimum absolute atomic E-state index is 0.165. The van der Waals surface area contributed by atoms with E-state index in [1.165, 1.54) is 11.3 Å². The summed E-state index contributed by atoms with van der Waals surface area (Å²) in [5.74, 6) is -0.405. The molecule has 0 bridgehead atoms. The second-order valence-corrected chi connectivity index (χ2v) is 8.46. The molecular weight excluding hydrogens is 420 g/mol. The highest BCUT2D eigenvalue weighted by molar-refractivity contribution is 7.12. The van der Waals surface area contributed by atoms with Gasteiger partial charge >= 0.3 is 0 Å². The van der Waals surface area contributed by atoms with Gasteiger partial charge in [0.25, 0.3) is 5.91 Å². The van der Waals surface area contributed by atoms with Crippen LogP contribution in [0.4, 0.5) is 0 Å². The van der Waals surface area contributed by atoms with E-state index in [9.17, 15) is 9.59 Å². The summed E-state index contributed by atoms with van der Waals surface area (Å²) in [7, 11) is 1.74. The Morgan fingerprint density at radius 1 is 1.03 bits per heavy atom. The smallest absolute Gasteiger partial charge is 0.261 e. The van der Waals surface area contributed by atoms with Crippen molar-refractivity contribution in [3.63, 3.8) is 0 Å². The number of carbonyl (C=O) groups is 2. The fraction of sp³-hybridized carbons (Fsp3) is 0.160. The Hall–Kier alpha value is -3.71. The van der Waals surface area contributed by atoms with Crippen molar-refractivity contribution < 1.29 is 9.59 Å². The lowest BCUT2D eigenvalue weighted by molar-refractivity contribution is -0.132. The van der Waals surface area contributed by atoms with E-state index in [4.69, 9.17) is 5.10 Å². The number of rotatable bonds is 7. The molecule has 0 aliphatic carbocycles. The molecule has 0 aliphatic rings. The Morgan fingerprint density at radius 3 is 2.38 bits per heavy atom. The van der Waals surface area contributed by atoms with Crippen LogP contribution < -0.4 is 5.32 Å². The molecule has 162 valence electrons. The van der Waals surface area contributed by atoms with E-state index < -0.39 is 6.04 Å². The van der Waals surface area contributed by atoms with Crippen LogP contribution in [0.2, 0.25) is 0 Å². The van der Waals surface area contributed by atoms with Gasteiger partial charge in [0.1, 0.15) is 6.04 Å². The van der Waals surface area contributed by atoms with Gasteiger partial charge < -0.3 is 10.2 Å². The number of aromatic nitrogens is 2. The van der Waals surface area contributed by atoms with Gasteiger partial charge in [-0.15, -0.1) is 11.3 Å². The Labute approximate surface area is 191 Å². The van der Waals surface area contributed by atoms with E-state index in [0.29, 0.717) is 11.4 Å². The van der Waals surface area contributed by atoms with Crippen LogP contribution >= 0.6 is 11.3 Å². The molecule has 0 fully saturated rings. The second-order valence-electron chi connectivity index (χ2n) is 7.52. The molecule has 1 N–H and O–H groups in total. The first kappa shape index (κ1) is 21.5. The molecule has 0 spiro atoms. The van der Waals surface area contributed by atoms with Gasteiger partial charge in [0.15, 0.2) is 0 Å². The predicted molar refractivity (Wildman–Crippen MR) is 127 cm³/mol. The summed E-state index contributed by atoms with van der Waals surface area (Å²) in [6.07, 6.45) is 1.95. The number of likely N-dealkylation sites (N-methyl/N-ethyl adjacent to an activating group) is 1. The van der Waals surface area contributed by atoms with Crippen LogP contribution in [0.15, 0.2) is 84.4 Å². The first-order valence-corrected chi connectivity index (χ1v) is 11.2. The quantitative estimate of drug-likeness (QED) is 0.460. The molecule has 0 aliphatic heterocycles. The summed E-state index contributed by atoms with van der Waals surface area (Å²) in [5.41, 5.74) is 3.68. The van der Waals surface area contributed by atoms with Gasteiger partial charge in [0.05, 0.1) is 16.3 Å². The summed E-state index contributed by atoms with van der Waals surface area (Å²) in [4.78, 5) is 27.5. The maximum absolute atomic E-state index is 13.0. The van der Waals surface area contributed by atoms with Crippen molar-refractivity contribution in [1.82, 2.24) is 20.0 Å². The number of benzene rings is 2. The molecule has 32 heavy (non-hydrogen) atoms. The van der Waals surface area contributed by atoms with Gasteiger partial charge in [-0.05, 0) is 30.5 Å². The third-order valence-electron chi connectivity index (χ3n) is 5.10. The van der Waals surface area contributed by atoms with E-state index in [2.05, 4.69) is 5.32 Å². The monoisotopic (exact) mass is 444 g/mol. The fourth-order valence-corrected chi connectivity index (χ4v) is 4.11. The summed E-state index contributed by atoms with van der Waals surface area (Å²) in [6.45, 7) is 2.07. The molecule has 2 heterocycles. The van der Waals surface area contributed by atoms with E-state index in [1.807, 2.05) is 83.0 Å². The van der Waals surface area contributed by atoms with Crippen LogP contribution in [0.1, 0.15) is 22.2 Å². The molecule has 4 aromatic rings. The highest BCUT2D eigenvalue weighted by Gasteiger charge is 2.22. The lowest BCUT2D eigenvalue weighted by Gasteiger charge is -2.22. The zero-order valence-electron chi connectivity index (χ0n) is 17.9. The minimum atomic E-state index is -0.640. The molecule has 4 rings (SSSR count). The van der Waals surface area contributed by atoms with Gasteiger partial charge in [0.2, 0.25) is 5.91 Å². The van der Waals surface area contributed by atoms with E-state index >= 15 is 0 Å². The van der Waals surface area contributed by atoms with Crippen LogP contribution in [-0.4, -0.2) is 39.6 Å². The number of nitrogens with one attached hydrogen (secondary N) is 1. The van der Waals surface area contributed by atoms with Crippen LogP contribution in [0.3, 0.4) is 0 Å². The predicted octanol–water partition coefficient (Wildman–Crippen LogP) is 4.38. The molecular formula is C25H24N4O2S. The number of amides is 2. The first-order valence-electron chi connectivity index (χ1n) is 10.3. The molecule has 2 aromatic carbocycles. The summed E-state index contributed by atoms with van der Waals surface area (Å²) < 4.78 is 1.83. The molecule has 7 heteroatoms. The lowest BCUT2D eigenvalue weighted by atomic mass is 10.1. The van der Waals surface area contributed by atoms with Crippen LogP contribution in [-0.2, 0) is 11.3 Å². The van der Waals surface area contributed by atoms with E-state index in [-0.39, 0.29) is 11.8 Å². The summed E-state index contributed by atoms with van der Waals surface area (Å²) in [6, 6.07) is 22.7. The SMILES string of the molecule is CC(NC(=O)c1cccs1)C(=O)N(C)Cc1cn(-c2ccccc2)nc1-c1ccccc1. The first-order chi connectivity index (χ1) is 15.5. The number of hydrogen-bond acceptors (Lipinski definition) is 4. The van der Waals surface area contributed by atoms with Crippen LogP contribution in [0.25, 0.3) is 16.9 Å². The van der Waals surface area contributed by atoms with Gasteiger partial charge in [-0.2, -0.15) is 5.10 Å². The highest BCUT2D eigenvalue weighted by Crippen LogP contribution is 2.25. The fourth-order valence-electron chi connectivity index (χ4n) is 3.48. The number of carbonyl (C=O) groups excluding carboxylic acids is 2. The van der Waals surface area contributed by atoms with Crippen molar-refractivity contribution in [3.8, 4) is 16.9 Å². The maximum Gasteiger partial charge on any atom is 0.261 e. The van der Waals surface area contributed by atoms with E-state index in [0.717, 1.165) is 22.5 Å². The molecule has 2 amide bonds. The Bertz CT molecular complexity index is 1190. The number of nitrogens with zero attached hydrogens (tertiary/aromatic N) is 3. The number of para-hydroxylation sites is 1. The minimum Gasteiger partial charge on any atom is -0.340 e. The van der Waals surface area contributed by atoms with Crippen molar-refractivity contribution in [3.05, 3.63) is 94.8 Å². The average Bonchev–Trinajstić information content (AvgIpc) is 3.50. The van der Waals surface area contributed by atoms with Crippen molar-refractivity contribution in [2.75, 3.05) is 7.05 Å². The zero-order chi connectivity index (χ0) is 22.5. The Balaban J connectivity index is 1.55. The third-order valence-corrected chi connectivity index (χ3v) is 5.97. The average molecular weight is 445 g/mol. The molecule has 0 saturated heterocycles. The lowest BCUT2D eigenvalue weighted by Crippen LogP contribution is -2.45. The summed E-state index contributed by atoms with van der Waals surface area (Å²) in [5, 5.41) is 9.42. The molecule has 2 aromatic heterocycles. The second kappa shape index (κ2) is 9.62.